The third-order valence-electron chi connectivity index (χ3n) is 3.98. The van der Waals surface area contributed by atoms with Gasteiger partial charge < -0.3 is 14.9 Å². The molecule has 1 aromatic rings. The maximum absolute atomic E-state index is 9.70. The molecule has 0 amide bonds. The standard InChI is InChI=1S/C17H29BrN2O/c1-5-19(6-2)11-8-12-20(7-3)15-9-10-16(14(4)21)17(18)13-15/h9-10,13-14,21H,5-8,11-12H2,1-4H3/t14-/m1/s1. The van der Waals surface area contributed by atoms with Gasteiger partial charge in [-0.3, -0.25) is 0 Å². The van der Waals surface area contributed by atoms with Crippen molar-refractivity contribution in [2.75, 3.05) is 37.6 Å². The summed E-state index contributed by atoms with van der Waals surface area (Å²) < 4.78 is 0.984. The van der Waals surface area contributed by atoms with Crippen LogP contribution in [-0.4, -0.2) is 42.7 Å². The molecule has 3 nitrogen and oxygen atoms in total. The normalized spacial score (nSPS) is 12.7. The van der Waals surface area contributed by atoms with E-state index in [0.29, 0.717) is 0 Å². The van der Waals surface area contributed by atoms with E-state index in [2.05, 4.69) is 58.6 Å². The maximum Gasteiger partial charge on any atom is 0.0772 e. The molecule has 21 heavy (non-hydrogen) atoms. The van der Waals surface area contributed by atoms with Gasteiger partial charge in [0.1, 0.15) is 0 Å². The van der Waals surface area contributed by atoms with Crippen LogP contribution >= 0.6 is 15.9 Å². The van der Waals surface area contributed by atoms with Crippen LogP contribution in [0.25, 0.3) is 0 Å². The van der Waals surface area contributed by atoms with Gasteiger partial charge in [0.15, 0.2) is 0 Å². The Morgan fingerprint density at radius 2 is 1.76 bits per heavy atom. The topological polar surface area (TPSA) is 26.7 Å². The fourth-order valence-electron chi connectivity index (χ4n) is 2.55. The molecule has 0 fully saturated rings. The zero-order chi connectivity index (χ0) is 15.8. The molecule has 1 rings (SSSR count). The van der Waals surface area contributed by atoms with E-state index in [1.807, 2.05) is 6.07 Å². The number of benzene rings is 1. The minimum absolute atomic E-state index is 0.439. The Hall–Kier alpha value is -0.580. The molecule has 4 heteroatoms. The minimum Gasteiger partial charge on any atom is -0.389 e. The van der Waals surface area contributed by atoms with Gasteiger partial charge in [-0.05, 0) is 57.6 Å². The largest absolute Gasteiger partial charge is 0.389 e. The Morgan fingerprint density at radius 3 is 2.24 bits per heavy atom. The van der Waals surface area contributed by atoms with Crippen LogP contribution in [0.15, 0.2) is 22.7 Å². The van der Waals surface area contributed by atoms with E-state index in [4.69, 9.17) is 0 Å². The predicted octanol–water partition coefficient (Wildman–Crippen LogP) is 4.06. The zero-order valence-corrected chi connectivity index (χ0v) is 15.4. The number of nitrogens with zero attached hydrogens (tertiary/aromatic N) is 2. The molecule has 0 radical (unpaired) electrons. The highest BCUT2D eigenvalue weighted by atomic mass is 79.9. The monoisotopic (exact) mass is 356 g/mol. The van der Waals surface area contributed by atoms with Gasteiger partial charge in [-0.15, -0.1) is 0 Å². The van der Waals surface area contributed by atoms with Crippen LogP contribution in [0.2, 0.25) is 0 Å². The molecule has 0 heterocycles. The maximum atomic E-state index is 9.70. The van der Waals surface area contributed by atoms with Gasteiger partial charge >= 0.3 is 0 Å². The summed E-state index contributed by atoms with van der Waals surface area (Å²) in [7, 11) is 0. The first-order chi connectivity index (χ1) is 10.0. The molecule has 1 aromatic carbocycles. The molecule has 0 aromatic heterocycles. The lowest BCUT2D eigenvalue weighted by Crippen LogP contribution is -2.30. The zero-order valence-electron chi connectivity index (χ0n) is 13.8. The molecule has 0 saturated carbocycles. The van der Waals surface area contributed by atoms with Crippen LogP contribution in [-0.2, 0) is 0 Å². The average molecular weight is 357 g/mol. The first-order valence-electron chi connectivity index (χ1n) is 7.98. The summed E-state index contributed by atoms with van der Waals surface area (Å²) in [5, 5.41) is 9.70. The van der Waals surface area contributed by atoms with Crippen LogP contribution in [0, 0.1) is 0 Å². The van der Waals surface area contributed by atoms with Gasteiger partial charge in [-0.1, -0.05) is 35.8 Å². The van der Waals surface area contributed by atoms with Gasteiger partial charge in [-0.2, -0.15) is 0 Å². The first kappa shape index (κ1) is 18.5. The lowest BCUT2D eigenvalue weighted by molar-refractivity contribution is 0.198. The van der Waals surface area contributed by atoms with Crippen molar-refractivity contribution in [2.24, 2.45) is 0 Å². The number of aliphatic hydroxyl groups is 1. The van der Waals surface area contributed by atoms with E-state index >= 15 is 0 Å². The second-order valence-electron chi connectivity index (χ2n) is 5.34. The molecule has 120 valence electrons. The summed E-state index contributed by atoms with van der Waals surface area (Å²) in [6.07, 6.45) is 0.733. The van der Waals surface area contributed by atoms with Crippen molar-refractivity contribution in [2.45, 2.75) is 40.2 Å². The summed E-state index contributed by atoms with van der Waals surface area (Å²) in [4.78, 5) is 4.85. The number of aliphatic hydroxyl groups excluding tert-OH is 1. The molecule has 1 N–H and O–H groups in total. The van der Waals surface area contributed by atoms with Gasteiger partial charge in [0.25, 0.3) is 0 Å². The fourth-order valence-corrected chi connectivity index (χ4v) is 3.24. The predicted molar refractivity (Wildman–Crippen MR) is 95.1 cm³/mol. The van der Waals surface area contributed by atoms with Gasteiger partial charge in [0, 0.05) is 23.2 Å². The molecule has 0 spiro atoms. The molecule has 0 bridgehead atoms. The van der Waals surface area contributed by atoms with Crippen molar-refractivity contribution < 1.29 is 5.11 Å². The minimum atomic E-state index is -0.439. The first-order valence-corrected chi connectivity index (χ1v) is 8.77. The molecular formula is C17H29BrN2O. The van der Waals surface area contributed by atoms with Gasteiger partial charge in [0.05, 0.1) is 6.10 Å². The second-order valence-corrected chi connectivity index (χ2v) is 6.20. The summed E-state index contributed by atoms with van der Waals surface area (Å²) >= 11 is 3.56. The highest BCUT2D eigenvalue weighted by Gasteiger charge is 2.10. The van der Waals surface area contributed by atoms with Crippen LogP contribution < -0.4 is 4.90 Å². The number of anilines is 1. The summed E-state index contributed by atoms with van der Waals surface area (Å²) in [6.45, 7) is 13.9. The molecule has 0 aliphatic heterocycles. The SMILES string of the molecule is CCN(CC)CCCN(CC)c1ccc([C@@H](C)O)c(Br)c1. The number of halogens is 1. The Bertz CT molecular complexity index is 419. The highest BCUT2D eigenvalue weighted by molar-refractivity contribution is 9.10. The Morgan fingerprint density at radius 1 is 1.10 bits per heavy atom. The van der Waals surface area contributed by atoms with Crippen molar-refractivity contribution in [3.8, 4) is 0 Å². The third-order valence-corrected chi connectivity index (χ3v) is 4.66. The Balaban J connectivity index is 2.66. The molecule has 0 aliphatic carbocycles. The molecule has 0 unspecified atom stereocenters. The number of hydrogen-bond donors (Lipinski definition) is 1. The fraction of sp³-hybridized carbons (Fsp3) is 0.647. The molecule has 0 saturated heterocycles. The van der Waals surface area contributed by atoms with E-state index in [1.54, 1.807) is 6.92 Å². The van der Waals surface area contributed by atoms with Gasteiger partial charge in [-0.25, -0.2) is 0 Å². The lowest BCUT2D eigenvalue weighted by atomic mass is 10.1. The second kappa shape index (κ2) is 9.44. The van der Waals surface area contributed by atoms with Crippen molar-refractivity contribution in [3.63, 3.8) is 0 Å². The number of rotatable bonds is 9. The van der Waals surface area contributed by atoms with E-state index in [9.17, 15) is 5.11 Å². The lowest BCUT2D eigenvalue weighted by Gasteiger charge is -2.26. The molecule has 0 aliphatic rings. The van der Waals surface area contributed by atoms with Crippen molar-refractivity contribution in [1.29, 1.82) is 0 Å². The smallest absolute Gasteiger partial charge is 0.0772 e. The van der Waals surface area contributed by atoms with Gasteiger partial charge in [0.2, 0.25) is 0 Å². The summed E-state index contributed by atoms with van der Waals surface area (Å²) in [6, 6.07) is 6.23. The summed E-state index contributed by atoms with van der Waals surface area (Å²) in [5.41, 5.74) is 2.16. The van der Waals surface area contributed by atoms with E-state index in [-0.39, 0.29) is 0 Å². The average Bonchev–Trinajstić information content (AvgIpc) is 2.47. The van der Waals surface area contributed by atoms with Crippen molar-refractivity contribution >= 4 is 21.6 Å². The van der Waals surface area contributed by atoms with Crippen molar-refractivity contribution in [3.05, 3.63) is 28.2 Å². The third kappa shape index (κ3) is 5.61. The molecular weight excluding hydrogens is 328 g/mol. The summed E-state index contributed by atoms with van der Waals surface area (Å²) in [5.74, 6) is 0. The van der Waals surface area contributed by atoms with Crippen LogP contribution in [0.5, 0.6) is 0 Å². The molecule has 1 atom stereocenters. The Kier molecular flexibility index (Phi) is 8.30. The van der Waals surface area contributed by atoms with E-state index in [1.165, 1.54) is 12.1 Å². The van der Waals surface area contributed by atoms with E-state index < -0.39 is 6.10 Å². The number of hydrogen-bond acceptors (Lipinski definition) is 3. The Labute approximate surface area is 138 Å². The van der Waals surface area contributed by atoms with Crippen molar-refractivity contribution in [1.82, 2.24) is 4.90 Å². The van der Waals surface area contributed by atoms with Crippen LogP contribution in [0.4, 0.5) is 5.69 Å². The highest BCUT2D eigenvalue weighted by Crippen LogP contribution is 2.28. The quantitative estimate of drug-likeness (QED) is 0.722. The van der Waals surface area contributed by atoms with Crippen LogP contribution in [0.3, 0.4) is 0 Å². The van der Waals surface area contributed by atoms with E-state index in [0.717, 1.165) is 42.8 Å². The van der Waals surface area contributed by atoms with Crippen LogP contribution in [0.1, 0.15) is 45.8 Å².